The van der Waals surface area contributed by atoms with Crippen LogP contribution in [0.4, 0.5) is 0 Å². The summed E-state index contributed by atoms with van der Waals surface area (Å²) in [5, 5.41) is 2.93. The molecule has 0 heteroatoms. The third kappa shape index (κ3) is 1.05. The predicted octanol–water partition coefficient (Wildman–Crippen LogP) is 1.90. The summed E-state index contributed by atoms with van der Waals surface area (Å²) in [6.45, 7) is 0. The fraction of sp³-hybridized carbons (Fsp3) is 0.375. The quantitative estimate of drug-likeness (QED) is 0.608. The number of benzene rings is 1. The summed E-state index contributed by atoms with van der Waals surface area (Å²) < 4.78 is 0. The average molecular weight is 206 g/mol. The third-order valence-electron chi connectivity index (χ3n) is 4.24. The van der Waals surface area contributed by atoms with Crippen molar-refractivity contribution in [3.8, 4) is 0 Å². The van der Waals surface area contributed by atoms with Crippen molar-refractivity contribution in [3.05, 3.63) is 45.8 Å². The molecule has 0 saturated carbocycles. The lowest BCUT2D eigenvalue weighted by Crippen LogP contribution is -2.39. The maximum atomic E-state index is 3.32. The molecule has 0 N–H and O–H groups in total. The molecule has 3 aliphatic carbocycles. The first-order valence-electron chi connectivity index (χ1n) is 6.28. The van der Waals surface area contributed by atoms with Crippen molar-refractivity contribution in [2.24, 2.45) is 5.92 Å². The summed E-state index contributed by atoms with van der Waals surface area (Å²) in [7, 11) is 0. The lowest BCUT2D eigenvalue weighted by atomic mass is 9.73. The van der Waals surface area contributed by atoms with Gasteiger partial charge in [0.25, 0.3) is 0 Å². The Morgan fingerprint density at radius 3 is 3.19 bits per heavy atom. The number of allylic oxidation sites excluding steroid dienone is 2. The molecule has 0 aromatic heterocycles. The van der Waals surface area contributed by atoms with Gasteiger partial charge in [-0.15, -0.1) is 0 Å². The van der Waals surface area contributed by atoms with Crippen molar-refractivity contribution in [3.63, 3.8) is 0 Å². The minimum absolute atomic E-state index is 0.794. The van der Waals surface area contributed by atoms with E-state index in [0.29, 0.717) is 0 Å². The molecule has 16 heavy (non-hydrogen) atoms. The molecule has 0 saturated heterocycles. The molecule has 0 spiro atoms. The summed E-state index contributed by atoms with van der Waals surface area (Å²) in [6.07, 6.45) is 11.1. The molecule has 0 nitrogen and oxygen atoms in total. The highest BCUT2D eigenvalue weighted by Crippen LogP contribution is 2.37. The van der Waals surface area contributed by atoms with Crippen molar-refractivity contribution in [1.82, 2.24) is 0 Å². The van der Waals surface area contributed by atoms with Gasteiger partial charge in [-0.1, -0.05) is 12.2 Å². The van der Waals surface area contributed by atoms with E-state index in [-0.39, 0.29) is 0 Å². The lowest BCUT2D eigenvalue weighted by Gasteiger charge is -2.32. The topological polar surface area (TPSA) is 0 Å². The van der Waals surface area contributed by atoms with Crippen LogP contribution in [-0.4, -0.2) is 0 Å². The van der Waals surface area contributed by atoms with E-state index in [9.17, 15) is 0 Å². The van der Waals surface area contributed by atoms with E-state index in [0.717, 1.165) is 12.3 Å². The van der Waals surface area contributed by atoms with Crippen LogP contribution in [0.2, 0.25) is 0 Å². The zero-order valence-electron chi connectivity index (χ0n) is 9.34. The molecule has 4 rings (SSSR count). The van der Waals surface area contributed by atoms with Crippen molar-refractivity contribution < 1.29 is 0 Å². The van der Waals surface area contributed by atoms with Crippen LogP contribution in [0.25, 0.3) is 11.6 Å². The molecule has 1 aromatic rings. The standard InChI is InChI=1S/C16H14/c1-3-11-7-9-13-5-2-6-14-10-8-12(4-1)15(11)16(13)14/h3,6,10,12H,1,4,7-9H2. The first kappa shape index (κ1) is 8.81. The van der Waals surface area contributed by atoms with Gasteiger partial charge < -0.3 is 0 Å². The molecule has 0 aliphatic heterocycles. The highest BCUT2D eigenvalue weighted by molar-refractivity contribution is 5.72. The SMILES string of the molecule is [c]1[c]c2c3c(c1)=CCC1CCC=C(CC2)C=31. The molecule has 0 amide bonds. The molecule has 1 aromatic carbocycles. The summed E-state index contributed by atoms with van der Waals surface area (Å²) in [6, 6.07) is 8.61. The second kappa shape index (κ2) is 3.10. The Morgan fingerprint density at radius 2 is 2.19 bits per heavy atom. The van der Waals surface area contributed by atoms with Crippen molar-refractivity contribution in [2.45, 2.75) is 32.1 Å². The van der Waals surface area contributed by atoms with Crippen LogP contribution in [0.1, 0.15) is 31.2 Å². The van der Waals surface area contributed by atoms with Crippen LogP contribution in [0.3, 0.4) is 0 Å². The second-order valence-corrected chi connectivity index (χ2v) is 5.08. The zero-order chi connectivity index (χ0) is 10.5. The van der Waals surface area contributed by atoms with Gasteiger partial charge in [0.2, 0.25) is 0 Å². The molecule has 1 unspecified atom stereocenters. The van der Waals surface area contributed by atoms with Crippen LogP contribution in [0.5, 0.6) is 0 Å². The predicted molar refractivity (Wildman–Crippen MR) is 65.0 cm³/mol. The van der Waals surface area contributed by atoms with Gasteiger partial charge in [-0.25, -0.2) is 0 Å². The number of rotatable bonds is 0. The van der Waals surface area contributed by atoms with Crippen LogP contribution < -0.4 is 10.4 Å². The highest BCUT2D eigenvalue weighted by Gasteiger charge is 2.27. The maximum Gasteiger partial charge on any atom is -0.00572 e. The first-order chi connectivity index (χ1) is 7.93. The Bertz CT molecular complexity index is 601. The molecular weight excluding hydrogens is 192 g/mol. The number of hydrogen-bond acceptors (Lipinski definition) is 0. The largest absolute Gasteiger partial charge is 0.0810 e. The Labute approximate surface area is 96.0 Å². The van der Waals surface area contributed by atoms with Gasteiger partial charge in [0, 0.05) is 0 Å². The van der Waals surface area contributed by atoms with E-state index >= 15 is 0 Å². The van der Waals surface area contributed by atoms with E-state index in [2.05, 4.69) is 30.4 Å². The highest BCUT2D eigenvalue weighted by atomic mass is 14.3. The molecular formula is C16H14. The molecule has 0 fully saturated rings. The van der Waals surface area contributed by atoms with Gasteiger partial charge >= 0.3 is 0 Å². The average Bonchev–Trinajstić information content (AvgIpc) is 2.36. The Hall–Kier alpha value is -1.30. The summed E-state index contributed by atoms with van der Waals surface area (Å²) in [5.74, 6) is 0.794. The maximum absolute atomic E-state index is 3.32. The zero-order valence-corrected chi connectivity index (χ0v) is 9.34. The minimum atomic E-state index is 0.794. The smallest absolute Gasteiger partial charge is 0.00572 e. The van der Waals surface area contributed by atoms with Crippen molar-refractivity contribution in [2.75, 3.05) is 0 Å². The monoisotopic (exact) mass is 206 g/mol. The summed E-state index contributed by atoms with van der Waals surface area (Å²) in [4.78, 5) is 0. The van der Waals surface area contributed by atoms with Gasteiger partial charge in [0.05, 0.1) is 0 Å². The van der Waals surface area contributed by atoms with Crippen LogP contribution in [0.15, 0.2) is 17.7 Å². The summed E-state index contributed by atoms with van der Waals surface area (Å²) >= 11 is 0. The number of hydrogen-bond donors (Lipinski definition) is 0. The molecule has 78 valence electrons. The van der Waals surface area contributed by atoms with Gasteiger partial charge in [0.1, 0.15) is 0 Å². The van der Waals surface area contributed by atoms with E-state index in [4.69, 9.17) is 0 Å². The van der Waals surface area contributed by atoms with Gasteiger partial charge in [-0.05, 0) is 83.4 Å². The van der Waals surface area contributed by atoms with E-state index in [1.54, 1.807) is 11.1 Å². The third-order valence-corrected chi connectivity index (χ3v) is 4.24. The molecule has 3 aliphatic rings. The molecule has 1 atom stereocenters. The fourth-order valence-electron chi connectivity index (χ4n) is 3.52. The van der Waals surface area contributed by atoms with Crippen LogP contribution >= 0.6 is 0 Å². The van der Waals surface area contributed by atoms with Gasteiger partial charge in [0.15, 0.2) is 0 Å². The molecule has 0 heterocycles. The lowest BCUT2D eigenvalue weighted by molar-refractivity contribution is 0.598. The second-order valence-electron chi connectivity index (χ2n) is 5.08. The van der Waals surface area contributed by atoms with E-state index in [1.165, 1.54) is 41.7 Å². The Morgan fingerprint density at radius 1 is 1.19 bits per heavy atom. The van der Waals surface area contributed by atoms with E-state index < -0.39 is 0 Å². The van der Waals surface area contributed by atoms with Crippen LogP contribution in [-0.2, 0) is 6.42 Å². The van der Waals surface area contributed by atoms with Gasteiger partial charge in [-0.2, -0.15) is 0 Å². The normalized spacial score (nSPS) is 25.6. The van der Waals surface area contributed by atoms with Crippen molar-refractivity contribution >= 4 is 11.6 Å². The molecule has 2 radical (unpaired) electrons. The summed E-state index contributed by atoms with van der Waals surface area (Å²) in [5.41, 5.74) is 4.71. The van der Waals surface area contributed by atoms with Crippen LogP contribution in [0, 0.1) is 18.1 Å². The van der Waals surface area contributed by atoms with E-state index in [1.807, 2.05) is 0 Å². The fourth-order valence-corrected chi connectivity index (χ4v) is 3.52. The minimum Gasteiger partial charge on any atom is -0.0810 e. The number of aryl methyl sites for hydroxylation is 1. The Kier molecular flexibility index (Phi) is 1.71. The molecule has 0 bridgehead atoms. The van der Waals surface area contributed by atoms with Crippen molar-refractivity contribution in [1.29, 1.82) is 0 Å². The Balaban J connectivity index is 2.21. The first-order valence-corrected chi connectivity index (χ1v) is 6.28. The van der Waals surface area contributed by atoms with Gasteiger partial charge in [-0.3, -0.25) is 0 Å².